The number of amides is 1. The van der Waals surface area contributed by atoms with E-state index in [4.69, 9.17) is 4.74 Å². The van der Waals surface area contributed by atoms with Crippen LogP contribution in [0.15, 0.2) is 24.3 Å². The van der Waals surface area contributed by atoms with Crippen LogP contribution in [0.2, 0.25) is 0 Å². The Labute approximate surface area is 139 Å². The quantitative estimate of drug-likeness (QED) is 0.780. The fraction of sp³-hybridized carbons (Fsp3) is 0.588. The normalized spacial score (nSPS) is 16.8. The van der Waals surface area contributed by atoms with Gasteiger partial charge >= 0.3 is 12.5 Å². The molecular weight excluding hydrogens is 323 g/mol. The van der Waals surface area contributed by atoms with Gasteiger partial charge in [0, 0.05) is 13.1 Å². The lowest BCUT2D eigenvalue weighted by Gasteiger charge is -2.33. The Bertz CT molecular complexity index is 573. The second-order valence-corrected chi connectivity index (χ2v) is 6.86. The zero-order valence-electron chi connectivity index (χ0n) is 14.0. The van der Waals surface area contributed by atoms with Crippen LogP contribution >= 0.6 is 0 Å². The van der Waals surface area contributed by atoms with Crippen molar-refractivity contribution in [3.63, 3.8) is 0 Å². The van der Waals surface area contributed by atoms with Crippen LogP contribution in [0.1, 0.15) is 45.1 Å². The lowest BCUT2D eigenvalue weighted by atomic mass is 9.89. The number of hydrogen-bond acceptors (Lipinski definition) is 3. The van der Waals surface area contributed by atoms with Gasteiger partial charge in [0.05, 0.1) is 0 Å². The van der Waals surface area contributed by atoms with Gasteiger partial charge in [0.25, 0.3) is 0 Å². The van der Waals surface area contributed by atoms with Crippen molar-refractivity contribution in [1.82, 2.24) is 4.90 Å². The van der Waals surface area contributed by atoms with E-state index in [2.05, 4.69) is 4.74 Å². The van der Waals surface area contributed by atoms with Crippen LogP contribution in [0.4, 0.5) is 18.0 Å². The summed E-state index contributed by atoms with van der Waals surface area (Å²) in [6, 6.07) is 6.04. The summed E-state index contributed by atoms with van der Waals surface area (Å²) in [6.07, 6.45) is -3.70. The van der Waals surface area contributed by atoms with E-state index in [1.807, 2.05) is 20.8 Å². The average Bonchev–Trinajstić information content (AvgIpc) is 2.44. The van der Waals surface area contributed by atoms with E-state index < -0.39 is 12.0 Å². The van der Waals surface area contributed by atoms with E-state index >= 15 is 0 Å². The van der Waals surface area contributed by atoms with Crippen molar-refractivity contribution in [3.8, 4) is 5.75 Å². The molecule has 1 heterocycles. The minimum absolute atomic E-state index is 0.0977. The molecule has 1 saturated heterocycles. The molecule has 1 aromatic rings. The molecule has 2 rings (SSSR count). The number of ether oxygens (including phenoxy) is 2. The predicted octanol–water partition coefficient (Wildman–Crippen LogP) is 4.70. The molecule has 4 nitrogen and oxygen atoms in total. The molecule has 1 amide bonds. The van der Waals surface area contributed by atoms with Crippen LogP contribution in [-0.2, 0) is 4.74 Å². The molecule has 0 atom stereocenters. The third kappa shape index (κ3) is 5.62. The summed E-state index contributed by atoms with van der Waals surface area (Å²) >= 11 is 0. The highest BCUT2D eigenvalue weighted by Gasteiger charge is 2.32. The average molecular weight is 345 g/mol. The van der Waals surface area contributed by atoms with Crippen molar-refractivity contribution in [3.05, 3.63) is 29.8 Å². The number of nitrogens with zero attached hydrogens (tertiary/aromatic N) is 1. The van der Waals surface area contributed by atoms with Gasteiger partial charge in [-0.3, -0.25) is 0 Å². The van der Waals surface area contributed by atoms with Gasteiger partial charge in [-0.2, -0.15) is 0 Å². The maximum atomic E-state index is 12.3. The zero-order chi connectivity index (χ0) is 18.0. The standard InChI is InChI=1S/C17H22F3NO3/c1-16(2,3)24-15(22)21-9-7-12(8-10-21)13-5-4-6-14(11-13)23-17(18,19)20/h4-6,11-12H,7-10H2,1-3H3. The molecule has 1 fully saturated rings. The lowest BCUT2D eigenvalue weighted by molar-refractivity contribution is -0.274. The summed E-state index contributed by atoms with van der Waals surface area (Å²) in [7, 11) is 0. The van der Waals surface area contributed by atoms with Crippen LogP contribution in [0.25, 0.3) is 0 Å². The SMILES string of the molecule is CC(C)(C)OC(=O)N1CCC(c2cccc(OC(F)(F)F)c2)CC1. The number of benzene rings is 1. The van der Waals surface area contributed by atoms with Gasteiger partial charge in [0.2, 0.25) is 0 Å². The van der Waals surface area contributed by atoms with Crippen molar-refractivity contribution in [2.45, 2.75) is 51.5 Å². The number of alkyl halides is 3. The molecule has 0 saturated carbocycles. The van der Waals surface area contributed by atoms with Gasteiger partial charge in [0.1, 0.15) is 11.4 Å². The largest absolute Gasteiger partial charge is 0.573 e. The molecule has 0 spiro atoms. The highest BCUT2D eigenvalue weighted by Crippen LogP contribution is 2.32. The number of carbonyl (C=O) groups excluding carboxylic acids is 1. The Morgan fingerprint density at radius 3 is 2.33 bits per heavy atom. The molecule has 1 aromatic carbocycles. The minimum atomic E-state index is -4.70. The van der Waals surface area contributed by atoms with E-state index in [9.17, 15) is 18.0 Å². The highest BCUT2D eigenvalue weighted by atomic mass is 19.4. The summed E-state index contributed by atoms with van der Waals surface area (Å²) in [5.41, 5.74) is 0.248. The zero-order valence-corrected chi connectivity index (χ0v) is 14.0. The van der Waals surface area contributed by atoms with Gasteiger partial charge in [-0.15, -0.1) is 13.2 Å². The van der Waals surface area contributed by atoms with Crippen molar-refractivity contribution < 1.29 is 27.4 Å². The monoisotopic (exact) mass is 345 g/mol. The van der Waals surface area contributed by atoms with Crippen molar-refractivity contribution in [2.24, 2.45) is 0 Å². The molecule has 1 aliphatic heterocycles. The highest BCUT2D eigenvalue weighted by molar-refractivity contribution is 5.68. The number of hydrogen-bond donors (Lipinski definition) is 0. The predicted molar refractivity (Wildman–Crippen MR) is 82.9 cm³/mol. The number of halogens is 3. The maximum absolute atomic E-state index is 12.3. The summed E-state index contributed by atoms with van der Waals surface area (Å²) < 4.78 is 46.2. The second-order valence-electron chi connectivity index (χ2n) is 6.86. The molecule has 0 bridgehead atoms. The van der Waals surface area contributed by atoms with Gasteiger partial charge in [-0.05, 0) is 57.2 Å². The van der Waals surface area contributed by atoms with Crippen molar-refractivity contribution >= 4 is 6.09 Å². The topological polar surface area (TPSA) is 38.8 Å². The number of likely N-dealkylation sites (tertiary alicyclic amines) is 1. The van der Waals surface area contributed by atoms with Gasteiger partial charge in [-0.1, -0.05) is 12.1 Å². The van der Waals surface area contributed by atoms with Crippen LogP contribution in [0.5, 0.6) is 5.75 Å². The molecule has 7 heteroatoms. The summed E-state index contributed by atoms with van der Waals surface area (Å²) in [5.74, 6) is -0.116. The first-order chi connectivity index (χ1) is 11.0. The fourth-order valence-corrected chi connectivity index (χ4v) is 2.69. The Morgan fingerprint density at radius 1 is 1.17 bits per heavy atom. The van der Waals surface area contributed by atoms with Crippen LogP contribution in [-0.4, -0.2) is 36.0 Å². The van der Waals surface area contributed by atoms with Gasteiger partial charge in [0.15, 0.2) is 0 Å². The third-order valence-corrected chi connectivity index (χ3v) is 3.71. The number of rotatable bonds is 2. The second kappa shape index (κ2) is 6.91. The lowest BCUT2D eigenvalue weighted by Crippen LogP contribution is -2.41. The maximum Gasteiger partial charge on any atom is 0.573 e. The first kappa shape index (κ1) is 18.4. The van der Waals surface area contributed by atoms with Crippen LogP contribution in [0.3, 0.4) is 0 Å². The smallest absolute Gasteiger partial charge is 0.444 e. The van der Waals surface area contributed by atoms with E-state index in [1.54, 1.807) is 17.0 Å². The van der Waals surface area contributed by atoms with Crippen LogP contribution < -0.4 is 4.74 Å². The van der Waals surface area contributed by atoms with E-state index in [1.165, 1.54) is 12.1 Å². The molecule has 24 heavy (non-hydrogen) atoms. The van der Waals surface area contributed by atoms with Crippen molar-refractivity contribution in [2.75, 3.05) is 13.1 Å². The molecule has 1 aliphatic rings. The number of piperidine rings is 1. The fourth-order valence-electron chi connectivity index (χ4n) is 2.69. The number of carbonyl (C=O) groups is 1. The first-order valence-corrected chi connectivity index (χ1v) is 7.87. The Balaban J connectivity index is 1.95. The van der Waals surface area contributed by atoms with E-state index in [-0.39, 0.29) is 17.8 Å². The molecule has 0 aromatic heterocycles. The van der Waals surface area contributed by atoms with E-state index in [0.29, 0.717) is 25.9 Å². The summed E-state index contributed by atoms with van der Waals surface area (Å²) in [5, 5.41) is 0. The van der Waals surface area contributed by atoms with Gasteiger partial charge in [-0.25, -0.2) is 4.79 Å². The van der Waals surface area contributed by atoms with E-state index in [0.717, 1.165) is 5.56 Å². The molecular formula is C17H22F3NO3. The molecule has 0 aliphatic carbocycles. The van der Waals surface area contributed by atoms with Crippen LogP contribution in [0, 0.1) is 0 Å². The molecule has 134 valence electrons. The first-order valence-electron chi connectivity index (χ1n) is 7.87. The Morgan fingerprint density at radius 2 is 1.79 bits per heavy atom. The Kier molecular flexibility index (Phi) is 5.30. The molecule has 0 N–H and O–H groups in total. The van der Waals surface area contributed by atoms with Gasteiger partial charge < -0.3 is 14.4 Å². The van der Waals surface area contributed by atoms with Crippen molar-refractivity contribution in [1.29, 1.82) is 0 Å². The minimum Gasteiger partial charge on any atom is -0.444 e. The summed E-state index contributed by atoms with van der Waals surface area (Å²) in [6.45, 7) is 6.46. The Hall–Kier alpha value is -1.92. The molecule has 0 unspecified atom stereocenters. The third-order valence-electron chi connectivity index (χ3n) is 3.71. The summed E-state index contributed by atoms with van der Waals surface area (Å²) in [4.78, 5) is 13.7. The molecule has 0 radical (unpaired) electrons.